The van der Waals surface area contributed by atoms with Crippen molar-refractivity contribution in [2.75, 3.05) is 6.54 Å². The summed E-state index contributed by atoms with van der Waals surface area (Å²) >= 11 is 3.33. The number of nitrogens with zero attached hydrogens (tertiary/aromatic N) is 3. The van der Waals surface area contributed by atoms with Crippen molar-refractivity contribution in [1.82, 2.24) is 14.6 Å². The maximum Gasteiger partial charge on any atom is 0.212 e. The number of hydrogen-bond donors (Lipinski definition) is 1. The molecule has 0 fully saturated rings. The molecular formula is C10H10N4S2. The zero-order valence-corrected chi connectivity index (χ0v) is 10.1. The van der Waals surface area contributed by atoms with Gasteiger partial charge in [0.15, 0.2) is 5.82 Å². The van der Waals surface area contributed by atoms with Crippen LogP contribution in [0.25, 0.3) is 15.5 Å². The summed E-state index contributed by atoms with van der Waals surface area (Å²) in [5.74, 6) is 0.826. The minimum atomic E-state index is 0.589. The molecule has 0 unspecified atom stereocenters. The highest BCUT2D eigenvalue weighted by atomic mass is 32.1. The Balaban J connectivity index is 2.12. The van der Waals surface area contributed by atoms with E-state index in [-0.39, 0.29) is 0 Å². The zero-order chi connectivity index (χ0) is 11.0. The number of rotatable bonds is 3. The van der Waals surface area contributed by atoms with E-state index in [0.29, 0.717) is 6.54 Å². The minimum absolute atomic E-state index is 0.589. The lowest BCUT2D eigenvalue weighted by atomic mass is 10.4. The SMILES string of the molecule is NCCc1nc2scc(-c3cccs3)n2n1. The van der Waals surface area contributed by atoms with Crippen LogP contribution in [0.5, 0.6) is 0 Å². The van der Waals surface area contributed by atoms with Gasteiger partial charge in [-0.05, 0) is 18.0 Å². The highest BCUT2D eigenvalue weighted by Crippen LogP contribution is 2.28. The fourth-order valence-electron chi connectivity index (χ4n) is 1.55. The second-order valence-electron chi connectivity index (χ2n) is 3.36. The number of fused-ring (bicyclic) bond motifs is 1. The molecule has 82 valence electrons. The van der Waals surface area contributed by atoms with Gasteiger partial charge in [0.25, 0.3) is 0 Å². The lowest BCUT2D eigenvalue weighted by molar-refractivity contribution is 0.849. The van der Waals surface area contributed by atoms with Crippen LogP contribution in [0.3, 0.4) is 0 Å². The Morgan fingerprint density at radius 2 is 2.31 bits per heavy atom. The maximum atomic E-state index is 5.50. The van der Waals surface area contributed by atoms with Gasteiger partial charge in [0.2, 0.25) is 4.96 Å². The van der Waals surface area contributed by atoms with E-state index >= 15 is 0 Å². The molecule has 4 nitrogen and oxygen atoms in total. The number of hydrogen-bond acceptors (Lipinski definition) is 5. The first-order valence-corrected chi connectivity index (χ1v) is 6.71. The zero-order valence-electron chi connectivity index (χ0n) is 8.46. The van der Waals surface area contributed by atoms with Gasteiger partial charge >= 0.3 is 0 Å². The Labute approximate surface area is 100 Å². The van der Waals surface area contributed by atoms with Crippen molar-refractivity contribution < 1.29 is 0 Å². The predicted molar refractivity (Wildman–Crippen MR) is 66.9 cm³/mol. The van der Waals surface area contributed by atoms with Crippen LogP contribution < -0.4 is 5.73 Å². The second-order valence-corrected chi connectivity index (χ2v) is 5.14. The van der Waals surface area contributed by atoms with E-state index in [1.165, 1.54) is 4.88 Å². The van der Waals surface area contributed by atoms with E-state index < -0.39 is 0 Å². The molecule has 0 aliphatic heterocycles. The summed E-state index contributed by atoms with van der Waals surface area (Å²) in [7, 11) is 0. The van der Waals surface area contributed by atoms with Crippen molar-refractivity contribution in [2.45, 2.75) is 6.42 Å². The predicted octanol–water partition coefficient (Wildman–Crippen LogP) is 2.02. The van der Waals surface area contributed by atoms with Crippen LogP contribution in [-0.2, 0) is 6.42 Å². The molecule has 0 aliphatic rings. The summed E-state index contributed by atoms with van der Waals surface area (Å²) in [6.07, 6.45) is 0.734. The third-order valence-electron chi connectivity index (χ3n) is 2.27. The molecule has 0 radical (unpaired) electrons. The fraction of sp³-hybridized carbons (Fsp3) is 0.200. The van der Waals surface area contributed by atoms with E-state index in [4.69, 9.17) is 5.73 Å². The first-order chi connectivity index (χ1) is 7.88. The summed E-state index contributed by atoms with van der Waals surface area (Å²) in [5.41, 5.74) is 6.62. The van der Waals surface area contributed by atoms with Crippen LogP contribution in [0.4, 0.5) is 0 Å². The average Bonchev–Trinajstić information content (AvgIpc) is 2.90. The molecule has 0 aromatic carbocycles. The largest absolute Gasteiger partial charge is 0.330 e. The van der Waals surface area contributed by atoms with E-state index in [9.17, 15) is 0 Å². The Morgan fingerprint density at radius 3 is 3.06 bits per heavy atom. The third-order valence-corrected chi connectivity index (χ3v) is 3.98. The smallest absolute Gasteiger partial charge is 0.212 e. The summed E-state index contributed by atoms with van der Waals surface area (Å²) in [5, 5.41) is 8.62. The number of thiophene rings is 1. The van der Waals surface area contributed by atoms with Crippen molar-refractivity contribution in [1.29, 1.82) is 0 Å². The molecular weight excluding hydrogens is 240 g/mol. The minimum Gasteiger partial charge on any atom is -0.330 e. The van der Waals surface area contributed by atoms with Gasteiger partial charge in [-0.15, -0.1) is 27.8 Å². The molecule has 0 aliphatic carbocycles. The lowest BCUT2D eigenvalue weighted by Crippen LogP contribution is -2.04. The van der Waals surface area contributed by atoms with Crippen molar-refractivity contribution in [2.24, 2.45) is 5.73 Å². The Morgan fingerprint density at radius 1 is 1.38 bits per heavy atom. The lowest BCUT2D eigenvalue weighted by Gasteiger charge is -1.92. The van der Waals surface area contributed by atoms with Gasteiger partial charge in [-0.1, -0.05) is 6.07 Å². The van der Waals surface area contributed by atoms with E-state index in [2.05, 4.69) is 26.9 Å². The normalized spacial score (nSPS) is 11.3. The van der Waals surface area contributed by atoms with Crippen LogP contribution in [0.2, 0.25) is 0 Å². The van der Waals surface area contributed by atoms with Crippen LogP contribution in [0.1, 0.15) is 5.82 Å². The Hall–Kier alpha value is -1.24. The van der Waals surface area contributed by atoms with Crippen LogP contribution in [-0.4, -0.2) is 21.1 Å². The number of aromatic nitrogens is 3. The monoisotopic (exact) mass is 250 g/mol. The molecule has 0 amide bonds. The van der Waals surface area contributed by atoms with Gasteiger partial charge in [-0.2, -0.15) is 0 Å². The molecule has 0 atom stereocenters. The highest BCUT2D eigenvalue weighted by Gasteiger charge is 2.11. The van der Waals surface area contributed by atoms with Crippen LogP contribution >= 0.6 is 22.7 Å². The van der Waals surface area contributed by atoms with E-state index in [0.717, 1.165) is 22.9 Å². The third kappa shape index (κ3) is 1.55. The Bertz CT molecular complexity index is 593. The maximum absolute atomic E-state index is 5.50. The first kappa shape index (κ1) is 9.95. The van der Waals surface area contributed by atoms with Crippen molar-refractivity contribution in [3.05, 3.63) is 28.7 Å². The summed E-state index contributed by atoms with van der Waals surface area (Å²) in [6.45, 7) is 0.589. The molecule has 0 bridgehead atoms. The second kappa shape index (κ2) is 3.97. The Kier molecular flexibility index (Phi) is 2.47. The summed E-state index contributed by atoms with van der Waals surface area (Å²) < 4.78 is 1.90. The molecule has 0 saturated heterocycles. The fourth-order valence-corrected chi connectivity index (χ4v) is 3.19. The molecule has 16 heavy (non-hydrogen) atoms. The summed E-state index contributed by atoms with van der Waals surface area (Å²) in [6, 6.07) is 4.14. The van der Waals surface area contributed by atoms with Gasteiger partial charge in [0.05, 0.1) is 10.6 Å². The van der Waals surface area contributed by atoms with Gasteiger partial charge in [-0.25, -0.2) is 9.50 Å². The molecule has 0 spiro atoms. The molecule has 2 N–H and O–H groups in total. The number of nitrogens with two attached hydrogens (primary N) is 1. The van der Waals surface area contributed by atoms with Crippen molar-refractivity contribution >= 4 is 27.6 Å². The van der Waals surface area contributed by atoms with Gasteiger partial charge in [0, 0.05) is 11.8 Å². The standard InChI is InChI=1S/C10H10N4S2/c11-4-3-9-12-10-14(13-9)7(6-16-10)8-2-1-5-15-8/h1-2,5-6H,3-4,11H2. The molecule has 3 aromatic rings. The number of thiazole rings is 1. The van der Waals surface area contributed by atoms with Crippen LogP contribution in [0, 0.1) is 0 Å². The van der Waals surface area contributed by atoms with Gasteiger partial charge < -0.3 is 5.73 Å². The van der Waals surface area contributed by atoms with Gasteiger partial charge in [-0.3, -0.25) is 0 Å². The van der Waals surface area contributed by atoms with E-state index in [1.807, 2.05) is 10.6 Å². The summed E-state index contributed by atoms with van der Waals surface area (Å²) in [4.78, 5) is 6.58. The molecule has 3 rings (SSSR count). The molecule has 0 saturated carbocycles. The molecule has 3 aromatic heterocycles. The molecule has 6 heteroatoms. The average molecular weight is 250 g/mol. The van der Waals surface area contributed by atoms with Crippen molar-refractivity contribution in [3.63, 3.8) is 0 Å². The van der Waals surface area contributed by atoms with E-state index in [1.54, 1.807) is 22.7 Å². The topological polar surface area (TPSA) is 56.2 Å². The quantitative estimate of drug-likeness (QED) is 0.773. The van der Waals surface area contributed by atoms with Gasteiger partial charge in [0.1, 0.15) is 0 Å². The van der Waals surface area contributed by atoms with Crippen molar-refractivity contribution in [3.8, 4) is 10.6 Å². The van der Waals surface area contributed by atoms with Crippen LogP contribution in [0.15, 0.2) is 22.9 Å². The highest BCUT2D eigenvalue weighted by molar-refractivity contribution is 7.16. The first-order valence-electron chi connectivity index (χ1n) is 4.95. The molecule has 3 heterocycles.